The van der Waals surface area contributed by atoms with Gasteiger partial charge in [0.25, 0.3) is 5.91 Å². The molecule has 3 heterocycles. The smallest absolute Gasteiger partial charge is 0.257 e. The van der Waals surface area contributed by atoms with E-state index >= 15 is 0 Å². The molecule has 0 atom stereocenters. The predicted octanol–water partition coefficient (Wildman–Crippen LogP) is 2.64. The zero-order valence-corrected chi connectivity index (χ0v) is 14.6. The van der Waals surface area contributed by atoms with Gasteiger partial charge in [0.1, 0.15) is 12.7 Å². The Morgan fingerprint density at radius 2 is 2.15 bits per heavy atom. The number of hydrogen-bond donors (Lipinski definition) is 1. The first-order valence-corrected chi connectivity index (χ1v) is 8.70. The van der Waals surface area contributed by atoms with Crippen LogP contribution in [0.1, 0.15) is 34.8 Å². The minimum atomic E-state index is -0.162. The molecule has 1 amide bonds. The highest BCUT2D eigenvalue weighted by Gasteiger charge is 2.21. The number of carbonyl (C=O) groups is 1. The molecule has 1 aliphatic heterocycles. The van der Waals surface area contributed by atoms with Crippen molar-refractivity contribution < 1.29 is 4.79 Å². The maximum absolute atomic E-state index is 12.6. The van der Waals surface area contributed by atoms with Crippen molar-refractivity contribution in [3.8, 4) is 5.82 Å². The first-order chi connectivity index (χ1) is 12.7. The number of pyridine rings is 1. The topological polar surface area (TPSA) is 75.9 Å². The highest BCUT2D eigenvalue weighted by molar-refractivity contribution is 6.04. The molecule has 1 aliphatic rings. The van der Waals surface area contributed by atoms with Crippen LogP contribution in [0.5, 0.6) is 0 Å². The van der Waals surface area contributed by atoms with Crippen molar-refractivity contribution in [2.45, 2.75) is 26.4 Å². The molecule has 0 fully saturated rings. The maximum atomic E-state index is 12.6. The Balaban J connectivity index is 1.50. The summed E-state index contributed by atoms with van der Waals surface area (Å²) in [6.45, 7) is 5.07. The van der Waals surface area contributed by atoms with Crippen LogP contribution in [0, 0.1) is 0 Å². The van der Waals surface area contributed by atoms with Crippen molar-refractivity contribution in [3.63, 3.8) is 0 Å². The van der Waals surface area contributed by atoms with E-state index in [0.717, 1.165) is 31.7 Å². The van der Waals surface area contributed by atoms with Gasteiger partial charge in [-0.25, -0.2) is 14.6 Å². The van der Waals surface area contributed by atoms with Gasteiger partial charge in [0, 0.05) is 25.0 Å². The number of amides is 1. The molecule has 0 saturated heterocycles. The van der Waals surface area contributed by atoms with Crippen molar-refractivity contribution in [1.29, 1.82) is 0 Å². The van der Waals surface area contributed by atoms with Crippen LogP contribution < -0.4 is 5.32 Å². The Bertz CT molecular complexity index is 904. The lowest BCUT2D eigenvalue weighted by Crippen LogP contribution is -2.17. The first kappa shape index (κ1) is 16.4. The molecule has 2 aromatic heterocycles. The zero-order valence-electron chi connectivity index (χ0n) is 14.6. The van der Waals surface area contributed by atoms with Gasteiger partial charge < -0.3 is 5.32 Å². The molecule has 26 heavy (non-hydrogen) atoms. The SMILES string of the molecule is CCCN1Cc2cccc(NC(=O)c3ccc(-n4cncn4)nc3)c2C1. The molecule has 4 rings (SSSR count). The monoisotopic (exact) mass is 348 g/mol. The number of hydrogen-bond acceptors (Lipinski definition) is 5. The second kappa shape index (κ2) is 7.05. The van der Waals surface area contributed by atoms with Crippen LogP contribution in [0.15, 0.2) is 49.2 Å². The van der Waals surface area contributed by atoms with Gasteiger partial charge in [-0.05, 0) is 42.3 Å². The van der Waals surface area contributed by atoms with Gasteiger partial charge in [-0.3, -0.25) is 9.69 Å². The summed E-state index contributed by atoms with van der Waals surface area (Å²) < 4.78 is 1.55. The summed E-state index contributed by atoms with van der Waals surface area (Å²) in [5, 5.41) is 7.06. The number of nitrogens with one attached hydrogen (secondary N) is 1. The van der Waals surface area contributed by atoms with Gasteiger partial charge >= 0.3 is 0 Å². The van der Waals surface area contributed by atoms with E-state index in [-0.39, 0.29) is 5.91 Å². The third-order valence-corrected chi connectivity index (χ3v) is 4.50. The van der Waals surface area contributed by atoms with E-state index in [4.69, 9.17) is 0 Å². The van der Waals surface area contributed by atoms with Crippen molar-refractivity contribution in [1.82, 2.24) is 24.6 Å². The van der Waals surface area contributed by atoms with Gasteiger partial charge in [-0.15, -0.1) is 0 Å². The second-order valence-corrected chi connectivity index (χ2v) is 6.35. The van der Waals surface area contributed by atoms with Gasteiger partial charge in [-0.1, -0.05) is 19.1 Å². The van der Waals surface area contributed by atoms with E-state index in [1.165, 1.54) is 17.5 Å². The number of fused-ring (bicyclic) bond motifs is 1. The minimum Gasteiger partial charge on any atom is -0.322 e. The van der Waals surface area contributed by atoms with E-state index < -0.39 is 0 Å². The zero-order chi connectivity index (χ0) is 17.9. The van der Waals surface area contributed by atoms with E-state index in [1.54, 1.807) is 29.3 Å². The molecule has 0 aliphatic carbocycles. The van der Waals surface area contributed by atoms with E-state index in [1.807, 2.05) is 12.1 Å². The van der Waals surface area contributed by atoms with Crippen molar-refractivity contribution >= 4 is 11.6 Å². The van der Waals surface area contributed by atoms with E-state index in [2.05, 4.69) is 38.3 Å². The minimum absolute atomic E-state index is 0.162. The summed E-state index contributed by atoms with van der Waals surface area (Å²) in [5.41, 5.74) is 3.89. The summed E-state index contributed by atoms with van der Waals surface area (Å²) in [7, 11) is 0. The Morgan fingerprint density at radius 1 is 1.23 bits per heavy atom. The number of rotatable bonds is 5. The van der Waals surface area contributed by atoms with Crippen LogP contribution >= 0.6 is 0 Å². The van der Waals surface area contributed by atoms with E-state index in [0.29, 0.717) is 11.4 Å². The molecule has 132 valence electrons. The highest BCUT2D eigenvalue weighted by atomic mass is 16.1. The van der Waals surface area contributed by atoms with Gasteiger partial charge in [-0.2, -0.15) is 5.10 Å². The second-order valence-electron chi connectivity index (χ2n) is 6.35. The fourth-order valence-corrected chi connectivity index (χ4v) is 3.26. The normalized spacial score (nSPS) is 13.6. The molecule has 0 bridgehead atoms. The molecular weight excluding hydrogens is 328 g/mol. The standard InChI is InChI=1S/C19H20N6O/c1-2-8-24-10-15-4-3-5-17(16(15)11-24)23-19(26)14-6-7-18(21-9-14)25-13-20-12-22-25/h3-7,9,12-13H,2,8,10-11H2,1H3,(H,23,26). The van der Waals surface area contributed by atoms with Crippen LogP contribution in [-0.4, -0.2) is 37.1 Å². The lowest BCUT2D eigenvalue weighted by molar-refractivity contribution is 0.102. The van der Waals surface area contributed by atoms with Gasteiger partial charge in [0.2, 0.25) is 0 Å². The number of aromatic nitrogens is 4. The fraction of sp³-hybridized carbons (Fsp3) is 0.263. The summed E-state index contributed by atoms with van der Waals surface area (Å²) >= 11 is 0. The van der Waals surface area contributed by atoms with Gasteiger partial charge in [0.15, 0.2) is 5.82 Å². The molecule has 0 spiro atoms. The number of carbonyl (C=O) groups excluding carboxylic acids is 1. The molecule has 1 N–H and O–H groups in total. The Labute approximate surface area is 151 Å². The summed E-state index contributed by atoms with van der Waals surface area (Å²) in [5.74, 6) is 0.458. The Kier molecular flexibility index (Phi) is 4.45. The Morgan fingerprint density at radius 3 is 2.88 bits per heavy atom. The number of benzene rings is 1. The first-order valence-electron chi connectivity index (χ1n) is 8.70. The van der Waals surface area contributed by atoms with Gasteiger partial charge in [0.05, 0.1) is 5.56 Å². The average molecular weight is 348 g/mol. The summed E-state index contributed by atoms with van der Waals surface area (Å²) in [6, 6.07) is 9.59. The molecule has 0 unspecified atom stereocenters. The fourth-order valence-electron chi connectivity index (χ4n) is 3.26. The molecule has 3 aromatic rings. The van der Waals surface area contributed by atoms with Crippen LogP contribution in [0.25, 0.3) is 5.82 Å². The number of anilines is 1. The Hall–Kier alpha value is -3.06. The largest absolute Gasteiger partial charge is 0.322 e. The summed E-state index contributed by atoms with van der Waals surface area (Å²) in [4.78, 5) is 23.2. The predicted molar refractivity (Wildman–Crippen MR) is 98.0 cm³/mol. The third kappa shape index (κ3) is 3.21. The van der Waals surface area contributed by atoms with Crippen LogP contribution in [0.3, 0.4) is 0 Å². The van der Waals surface area contributed by atoms with E-state index in [9.17, 15) is 4.79 Å². The molecule has 7 heteroatoms. The van der Waals surface area contributed by atoms with Crippen LogP contribution in [0.4, 0.5) is 5.69 Å². The van der Waals surface area contributed by atoms with Crippen LogP contribution in [-0.2, 0) is 13.1 Å². The molecule has 0 radical (unpaired) electrons. The van der Waals surface area contributed by atoms with Crippen molar-refractivity contribution in [2.24, 2.45) is 0 Å². The quantitative estimate of drug-likeness (QED) is 0.767. The summed E-state index contributed by atoms with van der Waals surface area (Å²) in [6.07, 6.45) is 5.69. The van der Waals surface area contributed by atoms with Crippen molar-refractivity contribution in [3.05, 3.63) is 65.9 Å². The molecule has 1 aromatic carbocycles. The lowest BCUT2D eigenvalue weighted by atomic mass is 10.1. The molecular formula is C19H20N6O. The number of nitrogens with zero attached hydrogens (tertiary/aromatic N) is 5. The molecule has 0 saturated carbocycles. The van der Waals surface area contributed by atoms with Crippen molar-refractivity contribution in [2.75, 3.05) is 11.9 Å². The lowest BCUT2D eigenvalue weighted by Gasteiger charge is -2.13. The average Bonchev–Trinajstić information content (AvgIpc) is 3.32. The maximum Gasteiger partial charge on any atom is 0.257 e. The molecule has 7 nitrogen and oxygen atoms in total. The highest BCUT2D eigenvalue weighted by Crippen LogP contribution is 2.29. The third-order valence-electron chi connectivity index (χ3n) is 4.50. The van der Waals surface area contributed by atoms with Crippen LogP contribution in [0.2, 0.25) is 0 Å².